The summed E-state index contributed by atoms with van der Waals surface area (Å²) in [4.78, 5) is 0. The third-order valence-corrected chi connectivity index (χ3v) is 3.98. The van der Waals surface area contributed by atoms with E-state index in [0.29, 0.717) is 11.5 Å². The first-order chi connectivity index (χ1) is 9.19. The maximum Gasteiger partial charge on any atom is 0.0991 e. The van der Waals surface area contributed by atoms with E-state index < -0.39 is 0 Å². The van der Waals surface area contributed by atoms with Crippen LogP contribution in [0.2, 0.25) is 0 Å². The van der Waals surface area contributed by atoms with Crippen molar-refractivity contribution in [3.8, 4) is 6.07 Å². The number of hydrogen-bond donors (Lipinski definition) is 2. The van der Waals surface area contributed by atoms with Gasteiger partial charge in [0.2, 0.25) is 0 Å². The molecule has 0 spiro atoms. The standard InChI is InChI=1S/C16H22N2O/c1-12(15-6-2-4-13(8-15)10-17)18-11-14-5-3-7-16(19)9-14/h2,4,6,8,12,14,16,18-19H,3,5,7,9,11H2,1H3. The zero-order valence-corrected chi connectivity index (χ0v) is 11.5. The largest absolute Gasteiger partial charge is 0.393 e. The van der Waals surface area contributed by atoms with E-state index in [0.717, 1.165) is 31.4 Å². The highest BCUT2D eigenvalue weighted by atomic mass is 16.3. The molecule has 19 heavy (non-hydrogen) atoms. The van der Waals surface area contributed by atoms with Crippen LogP contribution in [0.1, 0.15) is 49.8 Å². The van der Waals surface area contributed by atoms with Crippen LogP contribution in [0.4, 0.5) is 0 Å². The molecule has 0 saturated heterocycles. The maximum absolute atomic E-state index is 9.67. The zero-order valence-electron chi connectivity index (χ0n) is 11.5. The molecule has 2 rings (SSSR count). The quantitative estimate of drug-likeness (QED) is 0.873. The van der Waals surface area contributed by atoms with Crippen LogP contribution in [0.25, 0.3) is 0 Å². The summed E-state index contributed by atoms with van der Waals surface area (Å²) in [5.41, 5.74) is 1.86. The van der Waals surface area contributed by atoms with Crippen molar-refractivity contribution in [1.82, 2.24) is 5.32 Å². The number of rotatable bonds is 4. The molecule has 1 aliphatic rings. The molecule has 0 bridgehead atoms. The third kappa shape index (κ3) is 4.05. The van der Waals surface area contributed by atoms with Crippen LogP contribution in [-0.2, 0) is 0 Å². The first-order valence-electron chi connectivity index (χ1n) is 7.10. The second-order valence-corrected chi connectivity index (χ2v) is 5.55. The maximum atomic E-state index is 9.67. The summed E-state index contributed by atoms with van der Waals surface area (Å²) in [5.74, 6) is 0.574. The topological polar surface area (TPSA) is 56.0 Å². The van der Waals surface area contributed by atoms with Gasteiger partial charge in [-0.1, -0.05) is 18.6 Å². The van der Waals surface area contributed by atoms with Gasteiger partial charge in [0.25, 0.3) is 0 Å². The molecular weight excluding hydrogens is 236 g/mol. The normalized spacial score (nSPS) is 24.7. The van der Waals surface area contributed by atoms with Crippen LogP contribution in [0.15, 0.2) is 24.3 Å². The van der Waals surface area contributed by atoms with Gasteiger partial charge in [-0.3, -0.25) is 0 Å². The zero-order chi connectivity index (χ0) is 13.7. The number of nitriles is 1. The van der Waals surface area contributed by atoms with Gasteiger partial charge in [-0.2, -0.15) is 5.26 Å². The van der Waals surface area contributed by atoms with Crippen molar-refractivity contribution in [1.29, 1.82) is 5.26 Å². The molecule has 1 aromatic carbocycles. The highest BCUT2D eigenvalue weighted by Gasteiger charge is 2.20. The minimum absolute atomic E-state index is 0.113. The van der Waals surface area contributed by atoms with E-state index in [1.807, 2.05) is 24.3 Å². The number of benzene rings is 1. The number of aliphatic hydroxyl groups is 1. The lowest BCUT2D eigenvalue weighted by molar-refractivity contribution is 0.0998. The summed E-state index contributed by atoms with van der Waals surface area (Å²) in [6.07, 6.45) is 4.09. The molecular formula is C16H22N2O. The van der Waals surface area contributed by atoms with Crippen LogP contribution in [0.5, 0.6) is 0 Å². The molecule has 3 nitrogen and oxygen atoms in total. The molecule has 0 aliphatic heterocycles. The van der Waals surface area contributed by atoms with Gasteiger partial charge in [0.05, 0.1) is 17.7 Å². The Morgan fingerprint density at radius 1 is 1.47 bits per heavy atom. The second kappa shape index (κ2) is 6.70. The molecule has 3 heteroatoms. The van der Waals surface area contributed by atoms with Crippen LogP contribution in [0.3, 0.4) is 0 Å². The molecule has 0 radical (unpaired) electrons. The smallest absolute Gasteiger partial charge is 0.0991 e. The van der Waals surface area contributed by atoms with Crippen molar-refractivity contribution >= 4 is 0 Å². The lowest BCUT2D eigenvalue weighted by Crippen LogP contribution is -2.30. The van der Waals surface area contributed by atoms with Crippen molar-refractivity contribution in [3.05, 3.63) is 35.4 Å². The molecule has 1 fully saturated rings. The minimum atomic E-state index is -0.113. The number of nitrogens with zero attached hydrogens (tertiary/aromatic N) is 1. The van der Waals surface area contributed by atoms with E-state index in [4.69, 9.17) is 5.26 Å². The number of aliphatic hydroxyl groups excluding tert-OH is 1. The summed E-state index contributed by atoms with van der Waals surface area (Å²) in [7, 11) is 0. The number of nitrogens with one attached hydrogen (secondary N) is 1. The molecule has 2 N–H and O–H groups in total. The van der Waals surface area contributed by atoms with Crippen molar-refractivity contribution in [3.63, 3.8) is 0 Å². The van der Waals surface area contributed by atoms with E-state index in [-0.39, 0.29) is 12.1 Å². The Balaban J connectivity index is 1.86. The highest BCUT2D eigenvalue weighted by molar-refractivity contribution is 5.33. The first kappa shape index (κ1) is 14.0. The van der Waals surface area contributed by atoms with E-state index in [1.54, 1.807) is 0 Å². The third-order valence-electron chi connectivity index (χ3n) is 3.98. The fraction of sp³-hybridized carbons (Fsp3) is 0.562. The van der Waals surface area contributed by atoms with Gasteiger partial charge in [-0.05, 0) is 56.3 Å². The second-order valence-electron chi connectivity index (χ2n) is 5.55. The molecule has 1 aliphatic carbocycles. The summed E-state index contributed by atoms with van der Waals surface area (Å²) >= 11 is 0. The van der Waals surface area contributed by atoms with Crippen LogP contribution < -0.4 is 5.32 Å². The van der Waals surface area contributed by atoms with Gasteiger partial charge in [0.1, 0.15) is 0 Å². The van der Waals surface area contributed by atoms with Crippen molar-refractivity contribution < 1.29 is 5.11 Å². The average Bonchev–Trinajstić information content (AvgIpc) is 2.45. The molecule has 3 atom stereocenters. The van der Waals surface area contributed by atoms with Crippen molar-refractivity contribution in [2.45, 2.75) is 44.8 Å². The Kier molecular flexibility index (Phi) is 4.95. The van der Waals surface area contributed by atoms with E-state index in [1.165, 1.54) is 6.42 Å². The Bertz CT molecular complexity index is 452. The first-order valence-corrected chi connectivity index (χ1v) is 7.10. The Labute approximate surface area is 115 Å². The van der Waals surface area contributed by atoms with E-state index in [9.17, 15) is 5.11 Å². The van der Waals surface area contributed by atoms with Gasteiger partial charge in [0, 0.05) is 6.04 Å². The fourth-order valence-electron chi connectivity index (χ4n) is 2.79. The van der Waals surface area contributed by atoms with E-state index >= 15 is 0 Å². The highest BCUT2D eigenvalue weighted by Crippen LogP contribution is 2.24. The molecule has 1 aromatic rings. The van der Waals surface area contributed by atoms with Gasteiger partial charge in [-0.15, -0.1) is 0 Å². The predicted octanol–water partition coefficient (Wildman–Crippen LogP) is 2.76. The fourth-order valence-corrected chi connectivity index (χ4v) is 2.79. The molecule has 0 aromatic heterocycles. The van der Waals surface area contributed by atoms with Crippen molar-refractivity contribution in [2.24, 2.45) is 5.92 Å². The van der Waals surface area contributed by atoms with Crippen LogP contribution in [-0.4, -0.2) is 17.8 Å². The van der Waals surface area contributed by atoms with Crippen molar-refractivity contribution in [2.75, 3.05) is 6.54 Å². The molecule has 0 amide bonds. The van der Waals surface area contributed by atoms with E-state index in [2.05, 4.69) is 18.3 Å². The monoisotopic (exact) mass is 258 g/mol. The lowest BCUT2D eigenvalue weighted by Gasteiger charge is -2.27. The van der Waals surface area contributed by atoms with Gasteiger partial charge < -0.3 is 10.4 Å². The van der Waals surface area contributed by atoms with Gasteiger partial charge >= 0.3 is 0 Å². The summed E-state index contributed by atoms with van der Waals surface area (Å²) in [6.45, 7) is 3.06. The summed E-state index contributed by atoms with van der Waals surface area (Å²) in [5, 5.41) is 22.1. The van der Waals surface area contributed by atoms with Crippen LogP contribution in [0, 0.1) is 17.2 Å². The average molecular weight is 258 g/mol. The molecule has 0 heterocycles. The minimum Gasteiger partial charge on any atom is -0.393 e. The number of hydrogen-bond acceptors (Lipinski definition) is 3. The summed E-state index contributed by atoms with van der Waals surface area (Å²) in [6, 6.07) is 10.2. The Hall–Kier alpha value is -1.37. The Morgan fingerprint density at radius 2 is 2.32 bits per heavy atom. The SMILES string of the molecule is CC(NCC1CCCC(O)C1)c1cccc(C#N)c1. The predicted molar refractivity (Wildman–Crippen MR) is 75.5 cm³/mol. The molecule has 3 unspecified atom stereocenters. The Morgan fingerprint density at radius 3 is 3.05 bits per heavy atom. The summed E-state index contributed by atoms with van der Waals surface area (Å²) < 4.78 is 0. The molecule has 102 valence electrons. The lowest BCUT2D eigenvalue weighted by atomic mass is 9.87. The van der Waals surface area contributed by atoms with Gasteiger partial charge in [-0.25, -0.2) is 0 Å². The molecule has 1 saturated carbocycles. The van der Waals surface area contributed by atoms with Crippen LogP contribution >= 0.6 is 0 Å². The van der Waals surface area contributed by atoms with Gasteiger partial charge in [0.15, 0.2) is 0 Å².